The minimum Gasteiger partial charge on any atom is -0.390 e. The van der Waals surface area contributed by atoms with E-state index in [2.05, 4.69) is 34.6 Å². The maximum Gasteiger partial charge on any atom is 0.280 e. The second kappa shape index (κ2) is 6.02. The summed E-state index contributed by atoms with van der Waals surface area (Å²) in [7, 11) is 0. The van der Waals surface area contributed by atoms with Crippen molar-refractivity contribution in [2.75, 3.05) is 25.2 Å². The van der Waals surface area contributed by atoms with Gasteiger partial charge in [0, 0.05) is 5.92 Å². The Morgan fingerprint density at radius 1 is 1.54 bits per heavy atom. The van der Waals surface area contributed by atoms with E-state index >= 15 is 0 Å². The van der Waals surface area contributed by atoms with E-state index in [-0.39, 0.29) is 29.0 Å². The van der Waals surface area contributed by atoms with Gasteiger partial charge >= 0.3 is 0 Å². The van der Waals surface area contributed by atoms with Crippen LogP contribution in [0.25, 0.3) is 11.2 Å². The first-order chi connectivity index (χ1) is 11.2. The first-order valence-electron chi connectivity index (χ1n) is 7.90. The number of anilines is 1. The van der Waals surface area contributed by atoms with E-state index in [1.54, 1.807) is 4.57 Å². The maximum atomic E-state index is 11.9. The highest BCUT2D eigenvalue weighted by molar-refractivity contribution is 7.72. The Morgan fingerprint density at radius 3 is 2.92 bits per heavy atom. The van der Waals surface area contributed by atoms with Crippen molar-refractivity contribution in [3.8, 4) is 0 Å². The Hall–Kier alpha value is -1.63. The number of aromatic amines is 1. The largest absolute Gasteiger partial charge is 0.390 e. The van der Waals surface area contributed by atoms with Crippen molar-refractivity contribution in [3.63, 3.8) is 0 Å². The molecule has 9 heteroatoms. The minimum atomic E-state index is -1.18. The molecule has 1 aliphatic heterocycles. The summed E-state index contributed by atoms with van der Waals surface area (Å²) in [5, 5.41) is 10.5. The van der Waals surface area contributed by atoms with Crippen molar-refractivity contribution in [2.45, 2.75) is 31.8 Å². The fourth-order valence-electron chi connectivity index (χ4n) is 3.05. The van der Waals surface area contributed by atoms with Gasteiger partial charge in [-0.1, -0.05) is 6.92 Å². The number of H-pyrrole nitrogens is 1. The summed E-state index contributed by atoms with van der Waals surface area (Å²) in [5.41, 5.74) is 5.83. The number of hydrogen-bond donors (Lipinski definition) is 3. The summed E-state index contributed by atoms with van der Waals surface area (Å²) in [4.78, 5) is 22.6. The smallest absolute Gasteiger partial charge is 0.280 e. The number of fused-ring (bicyclic) bond motifs is 1. The predicted molar refractivity (Wildman–Crippen MR) is 97.0 cm³/mol. The van der Waals surface area contributed by atoms with Crippen LogP contribution in [0.5, 0.6) is 0 Å². The number of aliphatic hydroxyl groups is 1. The number of nitrogens with zero attached hydrogens (tertiary/aromatic N) is 3. The number of nitrogens with one attached hydrogen (secondary N) is 1. The molecule has 24 heavy (non-hydrogen) atoms. The summed E-state index contributed by atoms with van der Waals surface area (Å²) >= 11 is 0. The molecule has 2 aromatic heterocycles. The third kappa shape index (κ3) is 3.14. The molecular weight excluding hydrogens is 329 g/mol. The standard InChI is InChI=1S/C15H24N5O3P/c1-8-11(21)9(5-6-24(2,3)4)23-14(8)20-7-17-10-12(20)18-15(16)19-13(10)22/h7-9,11,14,21H,2,5-6H2,1,3-4H3,(H3,16,18,19,22)/t8-,9?,11+,14?/m1/s1. The van der Waals surface area contributed by atoms with Gasteiger partial charge < -0.3 is 15.6 Å². The first kappa shape index (κ1) is 17.2. The van der Waals surface area contributed by atoms with Gasteiger partial charge in [0.2, 0.25) is 5.95 Å². The number of hydrogen-bond acceptors (Lipinski definition) is 6. The number of nitrogen functional groups attached to an aromatic ring is 1. The van der Waals surface area contributed by atoms with Crippen LogP contribution in [0.2, 0.25) is 0 Å². The third-order valence-corrected chi connectivity index (χ3v) is 5.90. The molecule has 1 saturated heterocycles. The van der Waals surface area contributed by atoms with E-state index in [4.69, 9.17) is 10.5 Å². The van der Waals surface area contributed by atoms with Crippen molar-refractivity contribution < 1.29 is 9.84 Å². The molecule has 8 nitrogen and oxygen atoms in total. The van der Waals surface area contributed by atoms with Crippen LogP contribution in [-0.2, 0) is 4.74 Å². The first-order valence-corrected chi connectivity index (χ1v) is 11.0. The molecular formula is C15H24N5O3P. The highest BCUT2D eigenvalue weighted by atomic mass is 31.2. The highest BCUT2D eigenvalue weighted by Gasteiger charge is 2.42. The Balaban J connectivity index is 1.90. The molecule has 4 atom stereocenters. The second-order valence-electron chi connectivity index (χ2n) is 7.14. The third-order valence-electron chi connectivity index (χ3n) is 4.43. The van der Waals surface area contributed by atoms with Gasteiger partial charge in [-0.2, -0.15) is 4.98 Å². The van der Waals surface area contributed by atoms with Crippen LogP contribution in [0, 0.1) is 5.92 Å². The molecule has 0 amide bonds. The Morgan fingerprint density at radius 2 is 2.25 bits per heavy atom. The average Bonchev–Trinajstić information content (AvgIpc) is 3.00. The molecule has 4 N–H and O–H groups in total. The summed E-state index contributed by atoms with van der Waals surface area (Å²) < 4.78 is 7.76. The number of imidazole rings is 1. The monoisotopic (exact) mass is 353 g/mol. The Bertz CT molecular complexity index is 854. The molecule has 0 bridgehead atoms. The topological polar surface area (TPSA) is 119 Å². The number of ether oxygens (including phenoxy) is 1. The zero-order valence-electron chi connectivity index (χ0n) is 14.1. The molecule has 0 saturated carbocycles. The van der Waals surface area contributed by atoms with Gasteiger partial charge in [0.05, 0.1) is 18.5 Å². The lowest BCUT2D eigenvalue weighted by molar-refractivity contribution is -0.0206. The number of aromatic nitrogens is 4. The summed E-state index contributed by atoms with van der Waals surface area (Å²) in [5.74, 6) is -0.124. The molecule has 0 spiro atoms. The molecule has 2 aromatic rings. The van der Waals surface area contributed by atoms with Crippen molar-refractivity contribution in [1.82, 2.24) is 19.5 Å². The lowest BCUT2D eigenvalue weighted by Gasteiger charge is -2.19. The molecule has 132 valence electrons. The van der Waals surface area contributed by atoms with E-state index in [9.17, 15) is 9.90 Å². The minimum absolute atomic E-state index is 0.0283. The number of aliphatic hydroxyl groups excluding tert-OH is 1. The second-order valence-corrected chi connectivity index (χ2v) is 11.5. The van der Waals surface area contributed by atoms with Crippen molar-refractivity contribution in [2.24, 2.45) is 5.92 Å². The van der Waals surface area contributed by atoms with Crippen molar-refractivity contribution in [1.29, 1.82) is 0 Å². The van der Waals surface area contributed by atoms with Gasteiger partial charge in [0.1, 0.15) is 6.23 Å². The van der Waals surface area contributed by atoms with Crippen LogP contribution < -0.4 is 11.3 Å². The molecule has 0 aliphatic carbocycles. The summed E-state index contributed by atoms with van der Waals surface area (Å²) in [6.45, 7) is 5.07. The van der Waals surface area contributed by atoms with Gasteiger partial charge in [-0.05, 0) is 25.9 Å². The fourth-order valence-corrected chi connectivity index (χ4v) is 4.01. The van der Waals surface area contributed by atoms with E-state index < -0.39 is 19.2 Å². The molecule has 0 aromatic carbocycles. The number of nitrogens with two attached hydrogens (primary N) is 1. The lowest BCUT2D eigenvalue weighted by Crippen LogP contribution is -2.26. The normalized spacial score (nSPS) is 27.8. The predicted octanol–water partition coefficient (Wildman–Crippen LogP) is 0.696. The van der Waals surface area contributed by atoms with E-state index in [1.165, 1.54) is 6.33 Å². The van der Waals surface area contributed by atoms with Gasteiger partial charge in [-0.15, -0.1) is 13.2 Å². The van der Waals surface area contributed by atoms with E-state index in [1.807, 2.05) is 6.92 Å². The van der Waals surface area contributed by atoms with Crippen LogP contribution in [0.15, 0.2) is 11.1 Å². The quantitative estimate of drug-likeness (QED) is 0.696. The van der Waals surface area contributed by atoms with Gasteiger partial charge in [0.25, 0.3) is 5.56 Å². The van der Waals surface area contributed by atoms with E-state index in [0.29, 0.717) is 5.65 Å². The van der Waals surface area contributed by atoms with Crippen LogP contribution in [-0.4, -0.2) is 62.6 Å². The van der Waals surface area contributed by atoms with E-state index in [0.717, 1.165) is 12.6 Å². The molecule has 0 radical (unpaired) electrons. The molecule has 1 fully saturated rings. The van der Waals surface area contributed by atoms with Gasteiger partial charge in [-0.25, -0.2) is 4.98 Å². The number of rotatable bonds is 4. The van der Waals surface area contributed by atoms with Crippen molar-refractivity contribution in [3.05, 3.63) is 16.7 Å². The molecule has 2 unspecified atom stereocenters. The average molecular weight is 353 g/mol. The van der Waals surface area contributed by atoms with Gasteiger partial charge in [-0.3, -0.25) is 14.3 Å². The van der Waals surface area contributed by atoms with Crippen LogP contribution in [0.4, 0.5) is 5.95 Å². The highest BCUT2D eigenvalue weighted by Crippen LogP contribution is 2.41. The molecule has 3 heterocycles. The van der Waals surface area contributed by atoms with Gasteiger partial charge in [0.15, 0.2) is 11.2 Å². The zero-order chi connectivity index (χ0) is 17.6. The molecule has 3 rings (SSSR count). The summed E-state index contributed by atoms with van der Waals surface area (Å²) in [6, 6.07) is 0. The van der Waals surface area contributed by atoms with Crippen LogP contribution in [0.3, 0.4) is 0 Å². The Kier molecular flexibility index (Phi) is 4.32. The van der Waals surface area contributed by atoms with Crippen LogP contribution >= 0.6 is 6.89 Å². The Labute approximate surface area is 140 Å². The van der Waals surface area contributed by atoms with Crippen molar-refractivity contribution >= 4 is 30.3 Å². The zero-order valence-corrected chi connectivity index (χ0v) is 15.0. The fraction of sp³-hybridized carbons (Fsp3) is 0.600. The SMILES string of the molecule is C=P(C)(C)CCC1OC(n2cnc3c(=O)[nH]c(N)nc32)[C@H](C)[C@@H]1O. The summed E-state index contributed by atoms with van der Waals surface area (Å²) in [6.07, 6.45) is 6.14. The molecule has 1 aliphatic rings. The lowest BCUT2D eigenvalue weighted by atomic mass is 10.0. The van der Waals surface area contributed by atoms with Crippen LogP contribution in [0.1, 0.15) is 19.6 Å². The maximum absolute atomic E-state index is 11.9.